The van der Waals surface area contributed by atoms with E-state index in [1.807, 2.05) is 24.3 Å². The van der Waals surface area contributed by atoms with Crippen LogP contribution in [0.25, 0.3) is 0 Å². The highest BCUT2D eigenvalue weighted by Gasteiger charge is 2.28. The number of morpholine rings is 1. The molecule has 3 N–H and O–H groups in total. The van der Waals surface area contributed by atoms with Gasteiger partial charge in [0.1, 0.15) is 5.75 Å². The van der Waals surface area contributed by atoms with E-state index in [1.54, 1.807) is 0 Å². The van der Waals surface area contributed by atoms with Gasteiger partial charge in [-0.1, -0.05) is 12.1 Å². The minimum atomic E-state index is -0.0483. The summed E-state index contributed by atoms with van der Waals surface area (Å²) in [4.78, 5) is 19.0. The minimum absolute atomic E-state index is 0. The van der Waals surface area contributed by atoms with Crippen LogP contribution in [0.1, 0.15) is 39.2 Å². The number of benzene rings is 1. The molecule has 33 heavy (non-hydrogen) atoms. The molecule has 0 atom stereocenters. The van der Waals surface area contributed by atoms with Gasteiger partial charge in [-0.15, -0.1) is 24.0 Å². The van der Waals surface area contributed by atoms with Gasteiger partial charge in [0.05, 0.1) is 19.8 Å². The molecule has 0 radical (unpaired) electrons. The molecule has 1 aromatic rings. The molecule has 1 amide bonds. The highest BCUT2D eigenvalue weighted by Crippen LogP contribution is 2.19. The quantitative estimate of drug-likeness (QED) is 0.214. The summed E-state index contributed by atoms with van der Waals surface area (Å²) in [5, 5.41) is 9.70. The second kappa shape index (κ2) is 14.0. The molecule has 1 saturated heterocycles. The van der Waals surface area contributed by atoms with Crippen LogP contribution >= 0.6 is 24.0 Å². The van der Waals surface area contributed by atoms with Gasteiger partial charge in [-0.05, 0) is 57.7 Å². The minimum Gasteiger partial charge on any atom is -0.484 e. The average molecular weight is 574 g/mol. The Bertz CT molecular complexity index is 747. The van der Waals surface area contributed by atoms with Crippen LogP contribution in [-0.4, -0.2) is 80.9 Å². The summed E-state index contributed by atoms with van der Waals surface area (Å²) in [5.41, 5.74) is 1.20. The summed E-state index contributed by atoms with van der Waals surface area (Å²) in [6.45, 7) is 12.5. The first kappa shape index (κ1) is 27.7. The number of hydrogen-bond acceptors (Lipinski definition) is 5. The zero-order chi connectivity index (χ0) is 22.8. The molecule has 1 aliphatic carbocycles. The summed E-state index contributed by atoms with van der Waals surface area (Å²) < 4.78 is 11.0. The van der Waals surface area contributed by atoms with Crippen LogP contribution in [0, 0.1) is 0 Å². The molecule has 186 valence electrons. The molecule has 1 saturated carbocycles. The molecular weight excluding hydrogens is 533 g/mol. The lowest BCUT2D eigenvalue weighted by atomic mass is 10.0. The number of carbonyl (C=O) groups is 1. The fraction of sp³-hybridized carbons (Fsp3) is 0.667. The number of hydrogen-bond donors (Lipinski definition) is 3. The average Bonchev–Trinajstić information content (AvgIpc) is 3.61. The van der Waals surface area contributed by atoms with E-state index in [0.717, 1.165) is 71.2 Å². The lowest BCUT2D eigenvalue weighted by Gasteiger charge is -2.39. The van der Waals surface area contributed by atoms with Crippen LogP contribution in [0.5, 0.6) is 5.75 Å². The van der Waals surface area contributed by atoms with Crippen LogP contribution in [0.2, 0.25) is 0 Å². The van der Waals surface area contributed by atoms with Gasteiger partial charge in [-0.2, -0.15) is 0 Å². The van der Waals surface area contributed by atoms with Gasteiger partial charge in [0.25, 0.3) is 5.91 Å². The van der Waals surface area contributed by atoms with E-state index in [9.17, 15) is 4.79 Å². The van der Waals surface area contributed by atoms with Crippen molar-refractivity contribution in [2.24, 2.45) is 4.99 Å². The zero-order valence-corrected chi connectivity index (χ0v) is 22.5. The lowest BCUT2D eigenvalue weighted by molar-refractivity contribution is -0.123. The van der Waals surface area contributed by atoms with E-state index < -0.39 is 0 Å². The van der Waals surface area contributed by atoms with Crippen molar-refractivity contribution in [2.75, 3.05) is 52.5 Å². The molecule has 2 fully saturated rings. The van der Waals surface area contributed by atoms with Crippen LogP contribution in [0.15, 0.2) is 29.3 Å². The Kier molecular flexibility index (Phi) is 11.7. The highest BCUT2D eigenvalue weighted by atomic mass is 127. The molecule has 0 bridgehead atoms. The molecule has 1 aliphatic heterocycles. The number of carbonyl (C=O) groups excluding carboxylic acids is 1. The Morgan fingerprint density at radius 2 is 1.88 bits per heavy atom. The van der Waals surface area contributed by atoms with Crippen molar-refractivity contribution in [3.05, 3.63) is 29.8 Å². The molecule has 0 unspecified atom stereocenters. The monoisotopic (exact) mass is 573 g/mol. The number of rotatable bonds is 11. The second-order valence-electron chi connectivity index (χ2n) is 9.06. The number of amides is 1. The van der Waals surface area contributed by atoms with Crippen molar-refractivity contribution < 1.29 is 14.3 Å². The SMILES string of the molecule is CCNC(=NCC(C)(C)N1CCOCC1)NCCc1ccc(OCC(=O)NC2CC2)cc1.I. The van der Waals surface area contributed by atoms with Gasteiger partial charge in [0.15, 0.2) is 12.6 Å². The summed E-state index contributed by atoms with van der Waals surface area (Å²) >= 11 is 0. The van der Waals surface area contributed by atoms with Gasteiger partial charge >= 0.3 is 0 Å². The standard InChI is InChI=1S/C24H39N5O3.HI/c1-4-25-23(27-18-24(2,3)29-13-15-31-16-14-29)26-12-11-19-5-9-21(10-6-19)32-17-22(30)28-20-7-8-20;/h5-6,9-10,20H,4,7-8,11-18H2,1-3H3,(H,28,30)(H2,25,26,27);1H. The first-order valence-corrected chi connectivity index (χ1v) is 11.8. The van der Waals surface area contributed by atoms with Gasteiger partial charge in [0.2, 0.25) is 0 Å². The van der Waals surface area contributed by atoms with Crippen LogP contribution in [-0.2, 0) is 16.0 Å². The number of halogens is 1. The summed E-state index contributed by atoms with van der Waals surface area (Å²) in [7, 11) is 0. The third kappa shape index (κ3) is 10.1. The first-order chi connectivity index (χ1) is 15.5. The third-order valence-electron chi connectivity index (χ3n) is 5.78. The Morgan fingerprint density at radius 1 is 1.18 bits per heavy atom. The van der Waals surface area contributed by atoms with Crippen molar-refractivity contribution in [3.63, 3.8) is 0 Å². The van der Waals surface area contributed by atoms with Crippen molar-refractivity contribution in [2.45, 2.75) is 51.6 Å². The molecule has 1 heterocycles. The maximum Gasteiger partial charge on any atom is 0.258 e. The molecule has 2 aliphatic rings. The van der Waals surface area contributed by atoms with Crippen molar-refractivity contribution >= 4 is 35.8 Å². The molecule has 0 spiro atoms. The predicted molar refractivity (Wildman–Crippen MR) is 143 cm³/mol. The summed E-state index contributed by atoms with van der Waals surface area (Å²) in [6.07, 6.45) is 3.04. The van der Waals surface area contributed by atoms with Crippen molar-refractivity contribution in [3.8, 4) is 5.75 Å². The number of ether oxygens (including phenoxy) is 2. The van der Waals surface area contributed by atoms with Crippen LogP contribution in [0.3, 0.4) is 0 Å². The Hall–Kier alpha value is -1.59. The predicted octanol–water partition coefficient (Wildman–Crippen LogP) is 2.17. The summed E-state index contributed by atoms with van der Waals surface area (Å²) in [5.74, 6) is 1.51. The maximum atomic E-state index is 11.7. The van der Waals surface area contributed by atoms with Crippen molar-refractivity contribution in [1.82, 2.24) is 20.9 Å². The van der Waals surface area contributed by atoms with Crippen LogP contribution in [0.4, 0.5) is 0 Å². The van der Waals surface area contributed by atoms with E-state index in [1.165, 1.54) is 5.56 Å². The summed E-state index contributed by atoms with van der Waals surface area (Å²) in [6, 6.07) is 8.29. The lowest BCUT2D eigenvalue weighted by Crippen LogP contribution is -2.52. The van der Waals surface area contributed by atoms with E-state index in [-0.39, 0.29) is 42.0 Å². The third-order valence-corrected chi connectivity index (χ3v) is 5.78. The van der Waals surface area contributed by atoms with E-state index >= 15 is 0 Å². The topological polar surface area (TPSA) is 87.2 Å². The fourth-order valence-electron chi connectivity index (χ4n) is 3.61. The molecule has 9 heteroatoms. The molecule has 3 rings (SSSR count). The molecule has 0 aromatic heterocycles. The molecule has 8 nitrogen and oxygen atoms in total. The number of nitrogens with zero attached hydrogens (tertiary/aromatic N) is 2. The first-order valence-electron chi connectivity index (χ1n) is 11.8. The van der Waals surface area contributed by atoms with E-state index in [2.05, 4.69) is 41.6 Å². The second-order valence-corrected chi connectivity index (χ2v) is 9.06. The zero-order valence-electron chi connectivity index (χ0n) is 20.2. The Balaban J connectivity index is 0.00000385. The van der Waals surface area contributed by atoms with Gasteiger partial charge < -0.3 is 25.4 Å². The van der Waals surface area contributed by atoms with Gasteiger partial charge in [-0.3, -0.25) is 14.7 Å². The number of aliphatic imine (C=N–C) groups is 1. The molecule has 1 aromatic carbocycles. The Morgan fingerprint density at radius 3 is 2.52 bits per heavy atom. The van der Waals surface area contributed by atoms with Gasteiger partial charge in [0, 0.05) is 37.8 Å². The van der Waals surface area contributed by atoms with E-state index in [0.29, 0.717) is 11.8 Å². The van der Waals surface area contributed by atoms with Crippen molar-refractivity contribution in [1.29, 1.82) is 0 Å². The maximum absolute atomic E-state index is 11.7. The largest absolute Gasteiger partial charge is 0.484 e. The fourth-order valence-corrected chi connectivity index (χ4v) is 3.61. The highest BCUT2D eigenvalue weighted by molar-refractivity contribution is 14.0. The normalized spacial score (nSPS) is 17.1. The van der Waals surface area contributed by atoms with E-state index in [4.69, 9.17) is 14.5 Å². The molecular formula is C24H40IN5O3. The van der Waals surface area contributed by atoms with Crippen LogP contribution < -0.4 is 20.7 Å². The smallest absolute Gasteiger partial charge is 0.258 e. The number of nitrogens with one attached hydrogen (secondary N) is 3. The number of guanidine groups is 1. The van der Waals surface area contributed by atoms with Gasteiger partial charge in [-0.25, -0.2) is 0 Å². The Labute approximate surface area is 215 Å².